The van der Waals surface area contributed by atoms with Gasteiger partial charge in [-0.2, -0.15) is 0 Å². The minimum atomic E-state index is -0.887. The monoisotopic (exact) mass is 304 g/mol. The fraction of sp³-hybridized carbons (Fsp3) is 0.529. The largest absolute Gasteiger partial charge is 0.480 e. The SMILES string of the molecule is CCC[C@@H](N[C@@H]1CCCN(c2ccc(C)cc2)C1=O)C(=O)O. The van der Waals surface area contributed by atoms with Crippen LogP contribution in [0.15, 0.2) is 24.3 Å². The number of carbonyl (C=O) groups excluding carboxylic acids is 1. The number of nitrogens with zero attached hydrogens (tertiary/aromatic N) is 1. The zero-order valence-electron chi connectivity index (χ0n) is 13.2. The van der Waals surface area contributed by atoms with Gasteiger partial charge in [-0.05, 0) is 38.3 Å². The maximum Gasteiger partial charge on any atom is 0.320 e. The maximum absolute atomic E-state index is 12.6. The van der Waals surface area contributed by atoms with Gasteiger partial charge in [0.2, 0.25) is 5.91 Å². The molecule has 0 radical (unpaired) electrons. The van der Waals surface area contributed by atoms with E-state index in [1.54, 1.807) is 4.90 Å². The number of piperidine rings is 1. The van der Waals surface area contributed by atoms with Crippen LogP contribution in [-0.4, -0.2) is 35.6 Å². The molecule has 1 aromatic carbocycles. The summed E-state index contributed by atoms with van der Waals surface area (Å²) >= 11 is 0. The van der Waals surface area contributed by atoms with Crippen LogP contribution in [-0.2, 0) is 9.59 Å². The Bertz CT molecular complexity index is 527. The molecule has 1 fully saturated rings. The average molecular weight is 304 g/mol. The Morgan fingerprint density at radius 3 is 2.68 bits per heavy atom. The van der Waals surface area contributed by atoms with Crippen LogP contribution in [0.5, 0.6) is 0 Å². The second-order valence-corrected chi connectivity index (χ2v) is 5.87. The molecule has 2 N–H and O–H groups in total. The fourth-order valence-corrected chi connectivity index (χ4v) is 2.82. The molecular weight excluding hydrogens is 280 g/mol. The van der Waals surface area contributed by atoms with E-state index in [1.807, 2.05) is 38.1 Å². The number of hydrogen-bond acceptors (Lipinski definition) is 3. The van der Waals surface area contributed by atoms with Gasteiger partial charge in [0.25, 0.3) is 0 Å². The standard InChI is InChI=1S/C17H24N2O3/c1-3-5-15(17(21)22)18-14-6-4-11-19(16(14)20)13-9-7-12(2)8-10-13/h7-10,14-15,18H,3-6,11H2,1-2H3,(H,21,22)/t14-,15-/m1/s1. The molecule has 2 atom stereocenters. The molecule has 0 aliphatic carbocycles. The highest BCUT2D eigenvalue weighted by molar-refractivity contribution is 5.98. The van der Waals surface area contributed by atoms with Crippen LogP contribution in [0.25, 0.3) is 0 Å². The maximum atomic E-state index is 12.6. The van der Waals surface area contributed by atoms with Crippen molar-refractivity contribution in [3.8, 4) is 0 Å². The molecule has 0 unspecified atom stereocenters. The summed E-state index contributed by atoms with van der Waals surface area (Å²) in [6, 6.07) is 6.78. The quantitative estimate of drug-likeness (QED) is 0.846. The van der Waals surface area contributed by atoms with Crippen molar-refractivity contribution < 1.29 is 14.7 Å². The fourth-order valence-electron chi connectivity index (χ4n) is 2.82. The number of benzene rings is 1. The van der Waals surface area contributed by atoms with Crippen LogP contribution in [0.1, 0.15) is 38.2 Å². The molecule has 0 saturated carbocycles. The number of nitrogens with one attached hydrogen (secondary N) is 1. The first-order valence-corrected chi connectivity index (χ1v) is 7.89. The van der Waals surface area contributed by atoms with Crippen molar-refractivity contribution in [2.45, 2.75) is 51.6 Å². The number of aryl methyl sites for hydroxylation is 1. The van der Waals surface area contributed by atoms with E-state index in [1.165, 1.54) is 0 Å². The molecule has 1 aliphatic heterocycles. The van der Waals surface area contributed by atoms with Crippen molar-refractivity contribution in [2.24, 2.45) is 0 Å². The van der Waals surface area contributed by atoms with Crippen LogP contribution in [0.4, 0.5) is 5.69 Å². The van der Waals surface area contributed by atoms with Crippen molar-refractivity contribution in [1.82, 2.24) is 5.32 Å². The van der Waals surface area contributed by atoms with Gasteiger partial charge in [0.05, 0.1) is 6.04 Å². The lowest BCUT2D eigenvalue weighted by atomic mass is 10.0. The minimum absolute atomic E-state index is 0.0301. The molecule has 120 valence electrons. The van der Waals surface area contributed by atoms with Crippen molar-refractivity contribution in [1.29, 1.82) is 0 Å². The second-order valence-electron chi connectivity index (χ2n) is 5.87. The van der Waals surface area contributed by atoms with E-state index in [-0.39, 0.29) is 5.91 Å². The third-order valence-electron chi connectivity index (χ3n) is 4.06. The summed E-state index contributed by atoms with van der Waals surface area (Å²) in [5, 5.41) is 12.3. The predicted molar refractivity (Wildman–Crippen MR) is 86.0 cm³/mol. The molecular formula is C17H24N2O3. The van der Waals surface area contributed by atoms with E-state index in [2.05, 4.69) is 5.32 Å². The van der Waals surface area contributed by atoms with Crippen LogP contribution >= 0.6 is 0 Å². The number of carbonyl (C=O) groups is 2. The van der Waals surface area contributed by atoms with Gasteiger partial charge in [-0.3, -0.25) is 14.9 Å². The number of anilines is 1. The van der Waals surface area contributed by atoms with Crippen LogP contribution in [0.3, 0.4) is 0 Å². The topological polar surface area (TPSA) is 69.6 Å². The van der Waals surface area contributed by atoms with Crippen LogP contribution < -0.4 is 10.2 Å². The van der Waals surface area contributed by atoms with E-state index < -0.39 is 18.1 Å². The van der Waals surface area contributed by atoms with Crippen molar-refractivity contribution in [3.63, 3.8) is 0 Å². The van der Waals surface area contributed by atoms with Gasteiger partial charge >= 0.3 is 5.97 Å². The summed E-state index contributed by atoms with van der Waals surface area (Å²) in [5.74, 6) is -0.917. The number of amides is 1. The number of rotatable bonds is 6. The Labute approximate surface area is 131 Å². The lowest BCUT2D eigenvalue weighted by molar-refractivity contribution is -0.140. The van der Waals surface area contributed by atoms with E-state index in [4.69, 9.17) is 0 Å². The number of aliphatic carboxylic acids is 1. The summed E-state index contributed by atoms with van der Waals surface area (Å²) in [6.45, 7) is 4.64. The summed E-state index contributed by atoms with van der Waals surface area (Å²) in [4.78, 5) is 25.7. The molecule has 0 bridgehead atoms. The predicted octanol–water partition coefficient (Wildman–Crippen LogP) is 2.33. The summed E-state index contributed by atoms with van der Waals surface area (Å²) in [5.41, 5.74) is 2.03. The normalized spacial score (nSPS) is 20.0. The van der Waals surface area contributed by atoms with Gasteiger partial charge in [-0.15, -0.1) is 0 Å². The van der Waals surface area contributed by atoms with E-state index in [0.29, 0.717) is 19.4 Å². The minimum Gasteiger partial charge on any atom is -0.480 e. The van der Waals surface area contributed by atoms with Gasteiger partial charge in [-0.1, -0.05) is 31.0 Å². The van der Waals surface area contributed by atoms with Crippen molar-refractivity contribution in [2.75, 3.05) is 11.4 Å². The lowest BCUT2D eigenvalue weighted by Crippen LogP contribution is -2.55. The number of hydrogen-bond donors (Lipinski definition) is 2. The van der Waals surface area contributed by atoms with E-state index in [0.717, 1.165) is 24.1 Å². The van der Waals surface area contributed by atoms with E-state index >= 15 is 0 Å². The van der Waals surface area contributed by atoms with Gasteiger partial charge in [0.1, 0.15) is 6.04 Å². The summed E-state index contributed by atoms with van der Waals surface area (Å²) in [6.07, 6.45) is 2.86. The molecule has 5 heteroatoms. The molecule has 2 rings (SSSR count). The smallest absolute Gasteiger partial charge is 0.320 e. The number of carboxylic acid groups (broad SMARTS) is 1. The first-order chi connectivity index (χ1) is 10.5. The summed E-state index contributed by atoms with van der Waals surface area (Å²) < 4.78 is 0. The molecule has 1 heterocycles. The van der Waals surface area contributed by atoms with Crippen LogP contribution in [0, 0.1) is 6.92 Å². The highest BCUT2D eigenvalue weighted by Gasteiger charge is 2.32. The second kappa shape index (κ2) is 7.40. The van der Waals surface area contributed by atoms with Gasteiger partial charge in [0, 0.05) is 12.2 Å². The van der Waals surface area contributed by atoms with Crippen LogP contribution in [0.2, 0.25) is 0 Å². The van der Waals surface area contributed by atoms with Gasteiger partial charge in [-0.25, -0.2) is 0 Å². The third-order valence-corrected chi connectivity index (χ3v) is 4.06. The highest BCUT2D eigenvalue weighted by atomic mass is 16.4. The molecule has 5 nitrogen and oxygen atoms in total. The molecule has 0 aromatic heterocycles. The lowest BCUT2D eigenvalue weighted by Gasteiger charge is -2.34. The zero-order valence-corrected chi connectivity index (χ0v) is 13.2. The molecule has 1 aromatic rings. The average Bonchev–Trinajstić information content (AvgIpc) is 2.49. The number of carboxylic acids is 1. The zero-order chi connectivity index (χ0) is 16.1. The Kier molecular flexibility index (Phi) is 5.55. The third kappa shape index (κ3) is 3.85. The Balaban J connectivity index is 2.09. The van der Waals surface area contributed by atoms with Gasteiger partial charge < -0.3 is 10.0 Å². The van der Waals surface area contributed by atoms with Crippen molar-refractivity contribution >= 4 is 17.6 Å². The van der Waals surface area contributed by atoms with Gasteiger partial charge in [0.15, 0.2) is 0 Å². The Hall–Kier alpha value is -1.88. The molecule has 1 aliphatic rings. The molecule has 0 spiro atoms. The molecule has 1 saturated heterocycles. The Morgan fingerprint density at radius 1 is 1.41 bits per heavy atom. The highest BCUT2D eigenvalue weighted by Crippen LogP contribution is 2.22. The first-order valence-electron chi connectivity index (χ1n) is 7.89. The first kappa shape index (κ1) is 16.5. The van der Waals surface area contributed by atoms with E-state index in [9.17, 15) is 14.7 Å². The molecule has 1 amide bonds. The van der Waals surface area contributed by atoms with Crippen molar-refractivity contribution in [3.05, 3.63) is 29.8 Å². The molecule has 22 heavy (non-hydrogen) atoms. The summed E-state index contributed by atoms with van der Waals surface area (Å²) in [7, 11) is 0. The Morgan fingerprint density at radius 2 is 2.09 bits per heavy atom.